The van der Waals surface area contributed by atoms with Gasteiger partial charge < -0.3 is 4.90 Å². The van der Waals surface area contributed by atoms with Crippen LogP contribution >= 0.6 is 0 Å². The number of fused-ring (bicyclic) bond motifs is 1. The van der Waals surface area contributed by atoms with E-state index in [9.17, 15) is 9.18 Å². The lowest BCUT2D eigenvalue weighted by atomic mass is 10.0. The Morgan fingerprint density at radius 3 is 2.81 bits per heavy atom. The summed E-state index contributed by atoms with van der Waals surface area (Å²) in [5, 5.41) is 9.11. The zero-order valence-electron chi connectivity index (χ0n) is 11.6. The van der Waals surface area contributed by atoms with Crippen LogP contribution in [0.4, 0.5) is 4.39 Å². The third-order valence-electron chi connectivity index (χ3n) is 3.85. The van der Waals surface area contributed by atoms with Crippen LogP contribution in [0.3, 0.4) is 0 Å². The van der Waals surface area contributed by atoms with Crippen molar-refractivity contribution in [3.63, 3.8) is 0 Å². The van der Waals surface area contributed by atoms with Crippen LogP contribution in [-0.2, 0) is 13.1 Å². The minimum Gasteiger partial charge on any atom is -0.330 e. The first kappa shape index (κ1) is 13.3. The maximum Gasteiger partial charge on any atom is 0.255 e. The molecule has 0 saturated carbocycles. The van der Waals surface area contributed by atoms with Crippen molar-refractivity contribution in [2.24, 2.45) is 0 Å². The average molecular weight is 280 g/mol. The summed E-state index contributed by atoms with van der Waals surface area (Å²) in [5.41, 5.74) is 3.06. The van der Waals surface area contributed by atoms with E-state index in [-0.39, 0.29) is 11.7 Å². The lowest BCUT2D eigenvalue weighted by Gasteiger charge is -2.16. The molecule has 0 aliphatic carbocycles. The van der Waals surface area contributed by atoms with Crippen LogP contribution in [0.2, 0.25) is 0 Å². The molecule has 1 aliphatic rings. The molecule has 0 saturated heterocycles. The third kappa shape index (κ3) is 2.17. The van der Waals surface area contributed by atoms with Crippen LogP contribution in [0.15, 0.2) is 36.4 Å². The number of rotatable bonds is 2. The summed E-state index contributed by atoms with van der Waals surface area (Å²) in [7, 11) is 0. The van der Waals surface area contributed by atoms with E-state index < -0.39 is 0 Å². The zero-order chi connectivity index (χ0) is 15.0. The predicted octanol–water partition coefficient (Wildman–Crippen LogP) is 3.16. The molecule has 4 heteroatoms. The SMILES string of the molecule is Cc1c(F)ccc2c1C(=O)N(Cc1ccccc1C#N)C2. The normalized spacial score (nSPS) is 13.2. The summed E-state index contributed by atoms with van der Waals surface area (Å²) in [6.07, 6.45) is 0. The molecule has 0 N–H and O–H groups in total. The summed E-state index contributed by atoms with van der Waals surface area (Å²) in [4.78, 5) is 14.1. The van der Waals surface area contributed by atoms with E-state index in [2.05, 4.69) is 6.07 Å². The van der Waals surface area contributed by atoms with E-state index in [1.807, 2.05) is 12.1 Å². The monoisotopic (exact) mass is 280 g/mol. The number of nitrogens with zero attached hydrogens (tertiary/aromatic N) is 2. The standard InChI is InChI=1S/C17H13FN2O/c1-11-15(18)7-6-14-10-20(17(21)16(11)14)9-13-5-3-2-4-12(13)8-19/h2-7H,9-10H2,1H3. The van der Waals surface area contributed by atoms with Crippen LogP contribution in [0, 0.1) is 24.1 Å². The Kier molecular flexibility index (Phi) is 3.19. The molecule has 1 heterocycles. The zero-order valence-corrected chi connectivity index (χ0v) is 11.6. The van der Waals surface area contributed by atoms with Crippen molar-refractivity contribution >= 4 is 5.91 Å². The molecule has 2 aromatic rings. The van der Waals surface area contributed by atoms with Crippen molar-refractivity contribution in [2.45, 2.75) is 20.0 Å². The topological polar surface area (TPSA) is 44.1 Å². The van der Waals surface area contributed by atoms with Crippen molar-refractivity contribution < 1.29 is 9.18 Å². The first-order valence-electron chi connectivity index (χ1n) is 6.67. The predicted molar refractivity (Wildman–Crippen MR) is 75.9 cm³/mol. The second kappa shape index (κ2) is 5.02. The van der Waals surface area contributed by atoms with Gasteiger partial charge in [0.1, 0.15) is 5.82 Å². The number of hydrogen-bond acceptors (Lipinski definition) is 2. The van der Waals surface area contributed by atoms with Gasteiger partial charge in [0.25, 0.3) is 5.91 Å². The number of hydrogen-bond donors (Lipinski definition) is 0. The number of benzene rings is 2. The molecule has 21 heavy (non-hydrogen) atoms. The molecule has 0 fully saturated rings. The first-order chi connectivity index (χ1) is 10.1. The highest BCUT2D eigenvalue weighted by molar-refractivity contribution is 5.99. The molecule has 0 unspecified atom stereocenters. The van der Waals surface area contributed by atoms with Crippen molar-refractivity contribution in [3.8, 4) is 6.07 Å². The molecular weight excluding hydrogens is 267 g/mol. The fraction of sp³-hybridized carbons (Fsp3) is 0.176. The Morgan fingerprint density at radius 2 is 2.05 bits per heavy atom. The molecule has 2 aromatic carbocycles. The molecule has 1 aliphatic heterocycles. The Balaban J connectivity index is 1.93. The average Bonchev–Trinajstić information content (AvgIpc) is 2.81. The summed E-state index contributed by atoms with van der Waals surface area (Å²) < 4.78 is 13.6. The molecule has 0 spiro atoms. The van der Waals surface area contributed by atoms with Crippen molar-refractivity contribution in [1.82, 2.24) is 4.90 Å². The second-order valence-electron chi connectivity index (χ2n) is 5.14. The van der Waals surface area contributed by atoms with Gasteiger partial charge in [-0.1, -0.05) is 24.3 Å². The van der Waals surface area contributed by atoms with Crippen LogP contribution in [0.1, 0.15) is 32.6 Å². The second-order valence-corrected chi connectivity index (χ2v) is 5.14. The van der Waals surface area contributed by atoms with E-state index >= 15 is 0 Å². The van der Waals surface area contributed by atoms with Crippen molar-refractivity contribution in [1.29, 1.82) is 5.26 Å². The van der Waals surface area contributed by atoms with E-state index in [0.29, 0.717) is 29.8 Å². The van der Waals surface area contributed by atoms with Crippen LogP contribution in [0.25, 0.3) is 0 Å². The highest BCUT2D eigenvalue weighted by atomic mass is 19.1. The van der Waals surface area contributed by atoms with Gasteiger partial charge in [0.05, 0.1) is 17.2 Å². The van der Waals surface area contributed by atoms with Crippen LogP contribution < -0.4 is 0 Å². The fourth-order valence-corrected chi connectivity index (χ4v) is 2.71. The van der Waals surface area contributed by atoms with Gasteiger partial charge in [-0.25, -0.2) is 4.39 Å². The van der Waals surface area contributed by atoms with E-state index in [1.54, 1.807) is 30.0 Å². The molecule has 104 valence electrons. The maximum absolute atomic E-state index is 13.6. The number of amides is 1. The number of carbonyl (C=O) groups excluding carboxylic acids is 1. The Morgan fingerprint density at radius 1 is 1.29 bits per heavy atom. The molecule has 1 amide bonds. The van der Waals surface area contributed by atoms with Gasteiger partial charge in [-0.05, 0) is 35.7 Å². The Bertz CT molecular complexity index is 777. The van der Waals surface area contributed by atoms with Gasteiger partial charge in [0.2, 0.25) is 0 Å². The first-order valence-corrected chi connectivity index (χ1v) is 6.67. The Hall–Kier alpha value is -2.67. The van der Waals surface area contributed by atoms with Gasteiger partial charge in [0, 0.05) is 13.1 Å². The largest absolute Gasteiger partial charge is 0.330 e. The third-order valence-corrected chi connectivity index (χ3v) is 3.85. The highest BCUT2D eigenvalue weighted by Gasteiger charge is 2.30. The summed E-state index contributed by atoms with van der Waals surface area (Å²) in [6, 6.07) is 12.4. The van der Waals surface area contributed by atoms with Crippen molar-refractivity contribution in [3.05, 3.63) is 70.0 Å². The smallest absolute Gasteiger partial charge is 0.255 e. The molecule has 3 nitrogen and oxygen atoms in total. The Labute approximate surface area is 122 Å². The van der Waals surface area contributed by atoms with Gasteiger partial charge in [-0.2, -0.15) is 5.26 Å². The summed E-state index contributed by atoms with van der Waals surface area (Å²) >= 11 is 0. The van der Waals surface area contributed by atoms with E-state index in [4.69, 9.17) is 5.26 Å². The number of halogens is 1. The highest BCUT2D eigenvalue weighted by Crippen LogP contribution is 2.28. The lowest BCUT2D eigenvalue weighted by molar-refractivity contribution is 0.0766. The minimum absolute atomic E-state index is 0.172. The molecule has 0 bridgehead atoms. The molecular formula is C17H13FN2O. The number of nitriles is 1. The lowest BCUT2D eigenvalue weighted by Crippen LogP contribution is -2.24. The molecule has 0 atom stereocenters. The van der Waals surface area contributed by atoms with Gasteiger partial charge in [0.15, 0.2) is 0 Å². The van der Waals surface area contributed by atoms with E-state index in [1.165, 1.54) is 6.07 Å². The molecule has 0 aromatic heterocycles. The van der Waals surface area contributed by atoms with E-state index in [0.717, 1.165) is 11.1 Å². The van der Waals surface area contributed by atoms with Crippen LogP contribution in [-0.4, -0.2) is 10.8 Å². The summed E-state index contributed by atoms with van der Waals surface area (Å²) in [5.74, 6) is -0.531. The van der Waals surface area contributed by atoms with Crippen molar-refractivity contribution in [2.75, 3.05) is 0 Å². The van der Waals surface area contributed by atoms with Gasteiger partial charge in [-0.15, -0.1) is 0 Å². The quantitative estimate of drug-likeness (QED) is 0.848. The minimum atomic E-state index is -0.360. The fourth-order valence-electron chi connectivity index (χ4n) is 2.71. The van der Waals surface area contributed by atoms with Crippen LogP contribution in [0.5, 0.6) is 0 Å². The van der Waals surface area contributed by atoms with Gasteiger partial charge in [-0.3, -0.25) is 4.79 Å². The van der Waals surface area contributed by atoms with Gasteiger partial charge >= 0.3 is 0 Å². The molecule has 0 radical (unpaired) electrons. The maximum atomic E-state index is 13.6. The summed E-state index contributed by atoms with van der Waals surface area (Å²) in [6.45, 7) is 2.44. The number of carbonyl (C=O) groups is 1. The molecule has 3 rings (SSSR count).